The van der Waals surface area contributed by atoms with Crippen molar-refractivity contribution in [1.82, 2.24) is 4.98 Å². The number of aryl methyl sites for hydroxylation is 4. The van der Waals surface area contributed by atoms with Crippen LogP contribution in [-0.2, 0) is 0 Å². The number of hydrogen-bond acceptors (Lipinski definition) is 4. The number of hydrogen-bond donors (Lipinski definition) is 1. The smallest absolute Gasteiger partial charge is 0.223 e. The molecule has 2 rings (SSSR count). The Morgan fingerprint density at radius 1 is 1.09 bits per heavy atom. The third-order valence-electron chi connectivity index (χ3n) is 3.93. The molecule has 0 unspecified atom stereocenters. The molecule has 0 spiro atoms. The van der Waals surface area contributed by atoms with Crippen LogP contribution in [0.3, 0.4) is 0 Å². The van der Waals surface area contributed by atoms with Gasteiger partial charge >= 0.3 is 0 Å². The Labute approximate surface area is 137 Å². The Morgan fingerprint density at radius 3 is 2.22 bits per heavy atom. The van der Waals surface area contributed by atoms with Crippen molar-refractivity contribution in [2.24, 2.45) is 5.16 Å². The highest BCUT2D eigenvalue weighted by Gasteiger charge is 2.15. The van der Waals surface area contributed by atoms with Crippen LogP contribution >= 0.6 is 0 Å². The minimum absolute atomic E-state index is 0.560. The first-order valence-electron chi connectivity index (χ1n) is 7.82. The Hall–Kier alpha value is -2.36. The average Bonchev–Trinajstić information content (AvgIpc) is 2.48. The second-order valence-electron chi connectivity index (χ2n) is 5.97. The molecule has 2 aromatic rings. The number of ether oxygens (including phenoxy) is 1. The van der Waals surface area contributed by atoms with Gasteiger partial charge in [-0.2, -0.15) is 0 Å². The summed E-state index contributed by atoms with van der Waals surface area (Å²) in [5.74, 6) is 1.39. The minimum atomic E-state index is 0.560. The van der Waals surface area contributed by atoms with Gasteiger partial charge in [-0.3, -0.25) is 0 Å². The molecular formula is C19H24N2O2. The molecule has 4 heteroatoms. The van der Waals surface area contributed by atoms with E-state index in [2.05, 4.69) is 29.2 Å². The van der Waals surface area contributed by atoms with E-state index in [1.54, 1.807) is 0 Å². The second kappa shape index (κ2) is 6.82. The monoisotopic (exact) mass is 312 g/mol. The highest BCUT2D eigenvalue weighted by Crippen LogP contribution is 2.32. The van der Waals surface area contributed by atoms with E-state index in [9.17, 15) is 5.21 Å². The predicted molar refractivity (Wildman–Crippen MR) is 93.1 cm³/mol. The van der Waals surface area contributed by atoms with Crippen LogP contribution in [-0.4, -0.2) is 15.9 Å². The molecular weight excluding hydrogens is 288 g/mol. The van der Waals surface area contributed by atoms with E-state index in [1.807, 2.05) is 40.7 Å². The van der Waals surface area contributed by atoms with Crippen LogP contribution in [0.1, 0.15) is 46.9 Å². The minimum Gasteiger partial charge on any atom is -0.438 e. The lowest BCUT2D eigenvalue weighted by Gasteiger charge is -2.16. The standard InChI is InChI=1S/C19H24N2O2/c1-7-17(21-22)16-10-14(5)20-19(15(16)6)23-18-12(3)8-11(2)9-13(18)4/h8-10,22H,7H2,1-6H3/b21-17-. The van der Waals surface area contributed by atoms with Crippen molar-refractivity contribution in [3.8, 4) is 11.6 Å². The summed E-state index contributed by atoms with van der Waals surface area (Å²) in [5.41, 5.74) is 6.59. The maximum atomic E-state index is 9.22. The second-order valence-corrected chi connectivity index (χ2v) is 5.97. The van der Waals surface area contributed by atoms with E-state index in [0.717, 1.165) is 33.7 Å². The van der Waals surface area contributed by atoms with E-state index in [0.29, 0.717) is 18.0 Å². The van der Waals surface area contributed by atoms with Crippen LogP contribution in [0, 0.1) is 34.6 Å². The molecule has 0 bridgehead atoms. The number of pyridine rings is 1. The van der Waals surface area contributed by atoms with Crippen molar-refractivity contribution in [3.05, 3.63) is 51.7 Å². The fraction of sp³-hybridized carbons (Fsp3) is 0.368. The molecule has 1 aromatic carbocycles. The molecule has 0 aliphatic rings. The lowest BCUT2D eigenvalue weighted by molar-refractivity contribution is 0.318. The molecule has 0 radical (unpaired) electrons. The Kier molecular flexibility index (Phi) is 5.04. The van der Waals surface area contributed by atoms with E-state index < -0.39 is 0 Å². The van der Waals surface area contributed by atoms with E-state index >= 15 is 0 Å². The molecule has 0 amide bonds. The Morgan fingerprint density at radius 2 is 1.70 bits per heavy atom. The molecule has 0 aliphatic heterocycles. The van der Waals surface area contributed by atoms with Crippen molar-refractivity contribution >= 4 is 5.71 Å². The van der Waals surface area contributed by atoms with Crippen molar-refractivity contribution in [1.29, 1.82) is 0 Å². The highest BCUT2D eigenvalue weighted by atomic mass is 16.5. The molecule has 0 fully saturated rings. The fourth-order valence-corrected chi connectivity index (χ4v) is 2.85. The van der Waals surface area contributed by atoms with Crippen molar-refractivity contribution in [3.63, 3.8) is 0 Å². The van der Waals surface area contributed by atoms with Crippen LogP contribution in [0.5, 0.6) is 11.6 Å². The summed E-state index contributed by atoms with van der Waals surface area (Å²) in [5, 5.41) is 12.6. The molecule has 1 heterocycles. The van der Waals surface area contributed by atoms with Crippen molar-refractivity contribution in [2.45, 2.75) is 48.0 Å². The summed E-state index contributed by atoms with van der Waals surface area (Å²) in [6.07, 6.45) is 0.642. The zero-order valence-corrected chi connectivity index (χ0v) is 14.7. The lowest BCUT2D eigenvalue weighted by Crippen LogP contribution is -2.06. The molecule has 1 N–H and O–H groups in total. The van der Waals surface area contributed by atoms with Gasteiger partial charge in [0.1, 0.15) is 5.75 Å². The van der Waals surface area contributed by atoms with Crippen LogP contribution in [0.2, 0.25) is 0 Å². The van der Waals surface area contributed by atoms with Gasteiger partial charge < -0.3 is 9.94 Å². The molecule has 4 nitrogen and oxygen atoms in total. The number of rotatable bonds is 4. The van der Waals surface area contributed by atoms with Gasteiger partial charge in [-0.25, -0.2) is 4.98 Å². The van der Waals surface area contributed by atoms with Gasteiger partial charge in [-0.1, -0.05) is 29.8 Å². The first kappa shape index (κ1) is 17.0. The third kappa shape index (κ3) is 3.52. The molecule has 23 heavy (non-hydrogen) atoms. The van der Waals surface area contributed by atoms with Crippen molar-refractivity contribution in [2.75, 3.05) is 0 Å². The summed E-state index contributed by atoms with van der Waals surface area (Å²) in [4.78, 5) is 4.53. The molecule has 1 aromatic heterocycles. The summed E-state index contributed by atoms with van der Waals surface area (Å²) in [6, 6.07) is 6.12. The Bertz CT molecular complexity index is 741. The number of benzene rings is 1. The summed E-state index contributed by atoms with van der Waals surface area (Å²) in [6.45, 7) is 12.0. The van der Waals surface area contributed by atoms with Gasteiger partial charge in [-0.05, 0) is 58.2 Å². The first-order chi connectivity index (χ1) is 10.9. The fourth-order valence-electron chi connectivity index (χ4n) is 2.85. The lowest BCUT2D eigenvalue weighted by atomic mass is 10.0. The van der Waals surface area contributed by atoms with E-state index in [1.165, 1.54) is 5.56 Å². The molecule has 0 aliphatic carbocycles. The molecule has 0 atom stereocenters. The highest BCUT2D eigenvalue weighted by molar-refractivity contribution is 6.01. The zero-order chi connectivity index (χ0) is 17.1. The Balaban J connectivity index is 2.54. The van der Waals surface area contributed by atoms with E-state index in [-0.39, 0.29) is 0 Å². The van der Waals surface area contributed by atoms with Gasteiger partial charge in [0, 0.05) is 16.8 Å². The number of oxime groups is 1. The van der Waals surface area contributed by atoms with Gasteiger partial charge in [-0.15, -0.1) is 0 Å². The maximum absolute atomic E-state index is 9.22. The topological polar surface area (TPSA) is 54.7 Å². The average molecular weight is 312 g/mol. The summed E-state index contributed by atoms with van der Waals surface area (Å²) in [7, 11) is 0. The summed E-state index contributed by atoms with van der Waals surface area (Å²) >= 11 is 0. The first-order valence-corrected chi connectivity index (χ1v) is 7.82. The number of aromatic nitrogens is 1. The molecule has 0 saturated heterocycles. The quantitative estimate of drug-likeness (QED) is 0.491. The van der Waals surface area contributed by atoms with Gasteiger partial charge in [0.2, 0.25) is 5.88 Å². The SMILES string of the molecule is CC/C(=N/O)c1cc(C)nc(Oc2c(C)cc(C)cc2C)c1C. The maximum Gasteiger partial charge on any atom is 0.223 e. The van der Waals surface area contributed by atoms with Gasteiger partial charge in [0.25, 0.3) is 0 Å². The number of nitrogens with zero attached hydrogens (tertiary/aromatic N) is 2. The van der Waals surface area contributed by atoms with Crippen LogP contribution in [0.15, 0.2) is 23.4 Å². The van der Waals surface area contributed by atoms with Crippen LogP contribution in [0.4, 0.5) is 0 Å². The van der Waals surface area contributed by atoms with Crippen LogP contribution in [0.25, 0.3) is 0 Å². The molecule has 122 valence electrons. The molecule has 0 saturated carbocycles. The van der Waals surface area contributed by atoms with Gasteiger partial charge in [0.05, 0.1) is 5.71 Å². The largest absolute Gasteiger partial charge is 0.438 e. The third-order valence-corrected chi connectivity index (χ3v) is 3.93. The van der Waals surface area contributed by atoms with Gasteiger partial charge in [0.15, 0.2) is 0 Å². The van der Waals surface area contributed by atoms with E-state index in [4.69, 9.17) is 4.74 Å². The van der Waals surface area contributed by atoms with Crippen LogP contribution < -0.4 is 4.74 Å². The normalized spacial score (nSPS) is 11.7. The summed E-state index contributed by atoms with van der Waals surface area (Å²) < 4.78 is 6.14. The zero-order valence-electron chi connectivity index (χ0n) is 14.7. The predicted octanol–water partition coefficient (Wildman–Crippen LogP) is 5.00. The van der Waals surface area contributed by atoms with Crippen molar-refractivity contribution < 1.29 is 9.94 Å².